The topological polar surface area (TPSA) is 157 Å². The number of rotatable bonds is 6. The molecule has 1 fully saturated rings. The zero-order valence-corrected chi connectivity index (χ0v) is 18.4. The van der Waals surface area contributed by atoms with E-state index in [4.69, 9.17) is 9.88 Å². The summed E-state index contributed by atoms with van der Waals surface area (Å²) in [5.74, 6) is 0.690. The van der Waals surface area contributed by atoms with Gasteiger partial charge in [0.25, 0.3) is 0 Å². The minimum Gasteiger partial charge on any atom is -0.387 e. The smallest absolute Gasteiger partial charge is 0.333 e. The third-order valence-corrected chi connectivity index (χ3v) is 7.35. The normalized spacial score (nSPS) is 27.7. The van der Waals surface area contributed by atoms with Crippen LogP contribution in [0, 0.1) is 0 Å². The van der Waals surface area contributed by atoms with Gasteiger partial charge in [0.2, 0.25) is 0 Å². The lowest BCUT2D eigenvalue weighted by Crippen LogP contribution is -2.34. The standard InChI is InChI=1S/C20H22N4O6S2/c21-32(27,28)29-7-14-16(25)17(26)18(30-14)12-8-31-19-15(12)22-9-23-20(19)24-13-6-5-10-3-1-2-4-11(10)13/h1-4,8-9,13-14,16-18,25-26H,5-7H2,(H2,21,27,28)(H,22,23,24)/t13-,14+,16+,17+,18+/m0/s1. The van der Waals surface area contributed by atoms with Crippen LogP contribution in [0.5, 0.6) is 0 Å². The number of ether oxygens (including phenoxy) is 1. The molecule has 0 bridgehead atoms. The average molecular weight is 479 g/mol. The summed E-state index contributed by atoms with van der Waals surface area (Å²) in [5, 5.41) is 31.0. The molecule has 0 radical (unpaired) electrons. The molecule has 1 aliphatic heterocycles. The van der Waals surface area contributed by atoms with Gasteiger partial charge in [0.1, 0.15) is 36.6 Å². The molecule has 12 heteroatoms. The summed E-state index contributed by atoms with van der Waals surface area (Å²) in [4.78, 5) is 8.80. The fourth-order valence-corrected chi connectivity index (χ4v) is 5.67. The lowest BCUT2D eigenvalue weighted by Gasteiger charge is -2.16. The quantitative estimate of drug-likeness (QED) is 0.408. The van der Waals surface area contributed by atoms with Gasteiger partial charge in [-0.25, -0.2) is 15.1 Å². The SMILES string of the molecule is NS(=O)(=O)OC[C@H]1O[C@H](c2csc3c(N[C@H]4CCc5ccccc54)ncnc23)[C@H](O)[C@@H]1O. The van der Waals surface area contributed by atoms with E-state index in [-0.39, 0.29) is 6.04 Å². The van der Waals surface area contributed by atoms with Crippen molar-refractivity contribution in [2.45, 2.75) is 43.3 Å². The third kappa shape index (κ3) is 3.99. The Morgan fingerprint density at radius 3 is 2.84 bits per heavy atom. The largest absolute Gasteiger partial charge is 0.387 e. The molecule has 3 aromatic rings. The van der Waals surface area contributed by atoms with Gasteiger partial charge in [0, 0.05) is 5.56 Å². The first-order chi connectivity index (χ1) is 15.3. The molecule has 1 saturated heterocycles. The molecule has 2 aromatic heterocycles. The molecule has 170 valence electrons. The number of aliphatic hydroxyl groups excluding tert-OH is 2. The average Bonchev–Trinajstić information content (AvgIpc) is 3.44. The van der Waals surface area contributed by atoms with Crippen molar-refractivity contribution in [3.8, 4) is 0 Å². The second-order valence-electron chi connectivity index (χ2n) is 7.88. The van der Waals surface area contributed by atoms with Crippen LogP contribution in [0.25, 0.3) is 10.2 Å². The molecule has 3 heterocycles. The van der Waals surface area contributed by atoms with Crippen molar-refractivity contribution in [1.82, 2.24) is 9.97 Å². The Balaban J connectivity index is 1.40. The number of hydrogen-bond donors (Lipinski definition) is 4. The first-order valence-corrected chi connectivity index (χ1v) is 12.4. The molecule has 5 N–H and O–H groups in total. The van der Waals surface area contributed by atoms with Gasteiger partial charge in [0.05, 0.1) is 22.9 Å². The Kier molecular flexibility index (Phi) is 5.61. The Bertz CT molecular complexity index is 1250. The van der Waals surface area contributed by atoms with Crippen molar-refractivity contribution in [2.24, 2.45) is 5.14 Å². The maximum Gasteiger partial charge on any atom is 0.333 e. The minimum absolute atomic E-state index is 0.143. The van der Waals surface area contributed by atoms with Gasteiger partial charge in [-0.1, -0.05) is 24.3 Å². The summed E-state index contributed by atoms with van der Waals surface area (Å²) < 4.78 is 33.2. The molecule has 0 saturated carbocycles. The van der Waals surface area contributed by atoms with Crippen LogP contribution in [-0.4, -0.2) is 53.5 Å². The van der Waals surface area contributed by atoms with Crippen LogP contribution in [0.2, 0.25) is 0 Å². The molecule has 1 aromatic carbocycles. The van der Waals surface area contributed by atoms with E-state index in [1.54, 1.807) is 5.38 Å². The number of nitrogens with two attached hydrogens (primary N) is 1. The molecule has 1 aliphatic carbocycles. The lowest BCUT2D eigenvalue weighted by atomic mass is 10.0. The zero-order chi connectivity index (χ0) is 22.5. The highest BCUT2D eigenvalue weighted by Crippen LogP contribution is 2.42. The number of nitrogens with zero attached hydrogens (tertiary/aromatic N) is 2. The van der Waals surface area contributed by atoms with E-state index in [0.29, 0.717) is 16.9 Å². The molecule has 5 atom stereocenters. The maximum absolute atomic E-state index is 11.1. The van der Waals surface area contributed by atoms with Crippen LogP contribution in [-0.2, 0) is 25.6 Å². The maximum atomic E-state index is 11.1. The molecular weight excluding hydrogens is 456 g/mol. The van der Waals surface area contributed by atoms with E-state index in [1.165, 1.54) is 28.8 Å². The summed E-state index contributed by atoms with van der Waals surface area (Å²) in [6, 6.07) is 8.46. The van der Waals surface area contributed by atoms with Gasteiger partial charge in [-0.05, 0) is 29.3 Å². The molecule has 5 rings (SSSR count). The Morgan fingerprint density at radius 1 is 1.22 bits per heavy atom. The van der Waals surface area contributed by atoms with Gasteiger partial charge >= 0.3 is 10.3 Å². The number of aromatic nitrogens is 2. The first-order valence-electron chi connectivity index (χ1n) is 10.1. The van der Waals surface area contributed by atoms with Gasteiger partial charge in [-0.15, -0.1) is 11.3 Å². The number of nitrogens with one attached hydrogen (secondary N) is 1. The second-order valence-corrected chi connectivity index (χ2v) is 9.98. The van der Waals surface area contributed by atoms with E-state index in [9.17, 15) is 18.6 Å². The highest BCUT2D eigenvalue weighted by Gasteiger charge is 2.45. The summed E-state index contributed by atoms with van der Waals surface area (Å²) in [6.07, 6.45) is -1.17. The molecule has 32 heavy (non-hydrogen) atoms. The monoisotopic (exact) mass is 478 g/mol. The molecule has 10 nitrogen and oxygen atoms in total. The lowest BCUT2D eigenvalue weighted by molar-refractivity contribution is -0.0151. The Hall–Kier alpha value is -2.19. The summed E-state index contributed by atoms with van der Waals surface area (Å²) in [5.41, 5.74) is 3.77. The summed E-state index contributed by atoms with van der Waals surface area (Å²) in [6.45, 7) is -0.501. The van der Waals surface area contributed by atoms with E-state index in [2.05, 4.69) is 31.6 Å². The predicted octanol–water partition coefficient (Wildman–Crippen LogP) is 1.17. The van der Waals surface area contributed by atoms with Gasteiger partial charge in [0.15, 0.2) is 0 Å². The van der Waals surface area contributed by atoms with Gasteiger partial charge in [-0.2, -0.15) is 8.42 Å². The molecule has 0 spiro atoms. The van der Waals surface area contributed by atoms with Crippen LogP contribution in [0.15, 0.2) is 36.0 Å². The van der Waals surface area contributed by atoms with E-state index >= 15 is 0 Å². The fraction of sp³-hybridized carbons (Fsp3) is 0.400. The van der Waals surface area contributed by atoms with Crippen LogP contribution < -0.4 is 10.5 Å². The van der Waals surface area contributed by atoms with Crippen molar-refractivity contribution in [3.63, 3.8) is 0 Å². The van der Waals surface area contributed by atoms with Gasteiger partial charge in [-0.3, -0.25) is 4.18 Å². The highest BCUT2D eigenvalue weighted by atomic mass is 32.2. The molecule has 2 aliphatic rings. The van der Waals surface area contributed by atoms with Crippen molar-refractivity contribution in [1.29, 1.82) is 0 Å². The summed E-state index contributed by atoms with van der Waals surface area (Å²) in [7, 11) is -4.20. The highest BCUT2D eigenvalue weighted by molar-refractivity contribution is 7.84. The van der Waals surface area contributed by atoms with Crippen LogP contribution >= 0.6 is 11.3 Å². The third-order valence-electron chi connectivity index (χ3n) is 5.89. The number of thiophene rings is 1. The zero-order valence-electron chi connectivity index (χ0n) is 16.8. The number of fused-ring (bicyclic) bond motifs is 2. The minimum atomic E-state index is -4.20. The molecule has 0 amide bonds. The molecule has 0 unspecified atom stereocenters. The Morgan fingerprint density at radius 2 is 2.03 bits per heavy atom. The molecular formula is C20H22N4O6S2. The van der Waals surface area contributed by atoms with Crippen molar-refractivity contribution < 1.29 is 27.6 Å². The van der Waals surface area contributed by atoms with E-state index < -0.39 is 41.3 Å². The predicted molar refractivity (Wildman–Crippen MR) is 117 cm³/mol. The van der Waals surface area contributed by atoms with E-state index in [0.717, 1.165) is 17.5 Å². The number of aryl methyl sites for hydroxylation is 1. The van der Waals surface area contributed by atoms with Crippen LogP contribution in [0.4, 0.5) is 5.82 Å². The van der Waals surface area contributed by atoms with Crippen LogP contribution in [0.1, 0.15) is 35.3 Å². The number of aliphatic hydroxyl groups is 2. The van der Waals surface area contributed by atoms with Crippen molar-refractivity contribution in [2.75, 3.05) is 11.9 Å². The second kappa shape index (κ2) is 8.30. The van der Waals surface area contributed by atoms with Crippen molar-refractivity contribution in [3.05, 3.63) is 52.7 Å². The number of hydrogen-bond acceptors (Lipinski definition) is 10. The fourth-order valence-electron chi connectivity index (χ4n) is 4.35. The van der Waals surface area contributed by atoms with E-state index in [1.807, 2.05) is 12.1 Å². The Labute approximate surface area is 188 Å². The first kappa shape index (κ1) is 21.6. The van der Waals surface area contributed by atoms with Crippen molar-refractivity contribution >= 4 is 37.7 Å². The van der Waals surface area contributed by atoms with Gasteiger partial charge < -0.3 is 20.3 Å². The van der Waals surface area contributed by atoms with Crippen LogP contribution in [0.3, 0.4) is 0 Å². The summed E-state index contributed by atoms with van der Waals surface area (Å²) >= 11 is 1.41. The number of anilines is 1. The number of benzene rings is 1.